The van der Waals surface area contributed by atoms with Gasteiger partial charge >= 0.3 is 5.97 Å². The number of esters is 1. The van der Waals surface area contributed by atoms with E-state index in [0.717, 1.165) is 37.0 Å². The third-order valence-corrected chi connectivity index (χ3v) is 4.87. The fourth-order valence-corrected chi connectivity index (χ4v) is 3.44. The Kier molecular flexibility index (Phi) is 6.16. The van der Waals surface area contributed by atoms with Crippen LogP contribution in [0.15, 0.2) is 12.1 Å². The molecule has 0 radical (unpaired) electrons. The number of likely N-dealkylation sites (tertiary alicyclic amines) is 1. The Bertz CT molecular complexity index is 701. The summed E-state index contributed by atoms with van der Waals surface area (Å²) in [5.41, 5.74) is 1.74. The van der Waals surface area contributed by atoms with Crippen molar-refractivity contribution in [1.82, 2.24) is 0 Å². The lowest BCUT2D eigenvalue weighted by molar-refractivity contribution is -0.907. The third-order valence-electron chi connectivity index (χ3n) is 4.87. The summed E-state index contributed by atoms with van der Waals surface area (Å²) < 4.78 is 5.87. The number of ether oxygens (including phenoxy) is 1. The van der Waals surface area contributed by atoms with Crippen LogP contribution in [0.3, 0.4) is 0 Å². The second kappa shape index (κ2) is 8.13. The summed E-state index contributed by atoms with van der Waals surface area (Å²) in [5.74, 6) is -0.625. The first-order valence-corrected chi connectivity index (χ1v) is 8.79. The maximum Gasteiger partial charge on any atom is 0.338 e. The minimum Gasteiger partial charge on any atom is -0.462 e. The molecule has 6 heteroatoms. The Hall–Kier alpha value is -2.39. The van der Waals surface area contributed by atoms with Crippen molar-refractivity contribution >= 4 is 23.3 Å². The van der Waals surface area contributed by atoms with Crippen molar-refractivity contribution < 1.29 is 18.8 Å². The van der Waals surface area contributed by atoms with E-state index < -0.39 is 5.97 Å². The first-order chi connectivity index (χ1) is 11.9. The van der Waals surface area contributed by atoms with Crippen LogP contribution in [-0.2, 0) is 9.53 Å². The highest BCUT2D eigenvalue weighted by molar-refractivity contribution is 6.03. The second-order valence-electron chi connectivity index (χ2n) is 6.54. The van der Waals surface area contributed by atoms with Gasteiger partial charge in [-0.15, -0.1) is 0 Å². The van der Waals surface area contributed by atoms with Gasteiger partial charge in [0, 0.05) is 12.8 Å². The van der Waals surface area contributed by atoms with E-state index in [1.54, 1.807) is 19.9 Å². The average molecular weight is 344 g/mol. The lowest BCUT2D eigenvalue weighted by Gasteiger charge is -2.32. The van der Waals surface area contributed by atoms with Crippen LogP contribution in [0.25, 0.3) is 4.85 Å². The van der Waals surface area contributed by atoms with Crippen LogP contribution in [0.4, 0.5) is 11.4 Å². The van der Waals surface area contributed by atoms with E-state index in [0.29, 0.717) is 23.5 Å². The zero-order chi connectivity index (χ0) is 18.4. The minimum atomic E-state index is -0.521. The number of anilines is 1. The fraction of sp³-hybridized carbons (Fsp3) is 0.526. The van der Waals surface area contributed by atoms with Gasteiger partial charge in [0.25, 0.3) is 5.91 Å². The largest absolute Gasteiger partial charge is 0.462 e. The Balaban J connectivity index is 2.27. The smallest absolute Gasteiger partial charge is 0.338 e. The number of nitrogens with zero attached hydrogens (tertiary/aromatic N) is 2. The van der Waals surface area contributed by atoms with Gasteiger partial charge in [0.1, 0.15) is 0 Å². The van der Waals surface area contributed by atoms with E-state index in [2.05, 4.69) is 17.1 Å². The SMILES string of the molecule is [C-]#[N+]c1cc(C)c(NC(=O)C[N+]2(CC)CCCC2)c(C(=O)OCC)c1. The number of likely N-dealkylation sites (N-methyl/N-ethyl adjacent to an activating group) is 1. The molecule has 0 aromatic heterocycles. The maximum atomic E-state index is 12.6. The first-order valence-electron chi connectivity index (χ1n) is 8.79. The summed E-state index contributed by atoms with van der Waals surface area (Å²) in [4.78, 5) is 28.3. The summed E-state index contributed by atoms with van der Waals surface area (Å²) in [6.07, 6.45) is 2.29. The third kappa shape index (κ3) is 4.37. The molecule has 0 spiro atoms. The molecule has 1 N–H and O–H groups in total. The summed E-state index contributed by atoms with van der Waals surface area (Å²) in [6.45, 7) is 16.4. The summed E-state index contributed by atoms with van der Waals surface area (Å²) in [7, 11) is 0. The molecule has 0 bridgehead atoms. The van der Waals surface area contributed by atoms with E-state index in [9.17, 15) is 9.59 Å². The fourth-order valence-electron chi connectivity index (χ4n) is 3.44. The molecular formula is C19H26N3O3+. The summed E-state index contributed by atoms with van der Waals surface area (Å²) in [5, 5.41) is 2.90. The van der Waals surface area contributed by atoms with Gasteiger partial charge in [-0.1, -0.05) is 6.07 Å². The number of hydrogen-bond acceptors (Lipinski definition) is 3. The van der Waals surface area contributed by atoms with Gasteiger partial charge in [-0.3, -0.25) is 4.79 Å². The number of quaternary nitrogens is 1. The minimum absolute atomic E-state index is 0.104. The molecule has 1 fully saturated rings. The van der Waals surface area contributed by atoms with Crippen molar-refractivity contribution in [2.75, 3.05) is 38.1 Å². The van der Waals surface area contributed by atoms with Gasteiger partial charge in [0.2, 0.25) is 0 Å². The number of carbonyl (C=O) groups excluding carboxylic acids is 2. The van der Waals surface area contributed by atoms with E-state index in [1.807, 2.05) is 0 Å². The van der Waals surface area contributed by atoms with Gasteiger partial charge in [0.05, 0.1) is 44.1 Å². The average Bonchev–Trinajstić information content (AvgIpc) is 3.05. The van der Waals surface area contributed by atoms with Gasteiger partial charge in [-0.25, -0.2) is 9.64 Å². The molecule has 1 aliphatic heterocycles. The number of benzene rings is 1. The van der Waals surface area contributed by atoms with Crippen molar-refractivity contribution in [3.8, 4) is 0 Å². The lowest BCUT2D eigenvalue weighted by atomic mass is 10.1. The molecule has 6 nitrogen and oxygen atoms in total. The predicted molar refractivity (Wildman–Crippen MR) is 96.7 cm³/mol. The molecule has 1 aromatic carbocycles. The molecular weight excluding hydrogens is 318 g/mol. The highest BCUT2D eigenvalue weighted by atomic mass is 16.5. The lowest BCUT2D eigenvalue weighted by Crippen LogP contribution is -2.50. The van der Waals surface area contributed by atoms with Crippen LogP contribution in [0, 0.1) is 13.5 Å². The maximum absolute atomic E-state index is 12.6. The van der Waals surface area contributed by atoms with Crippen molar-refractivity contribution in [3.63, 3.8) is 0 Å². The van der Waals surface area contributed by atoms with Gasteiger partial charge in [-0.05, 0) is 32.4 Å². The van der Waals surface area contributed by atoms with Gasteiger partial charge < -0.3 is 14.5 Å². The number of hydrogen-bond donors (Lipinski definition) is 1. The summed E-state index contributed by atoms with van der Waals surface area (Å²) in [6, 6.07) is 3.15. The topological polar surface area (TPSA) is 59.8 Å². The molecule has 134 valence electrons. The molecule has 1 heterocycles. The number of nitrogens with one attached hydrogen (secondary N) is 1. The molecule has 1 aromatic rings. The first kappa shape index (κ1) is 18.9. The van der Waals surface area contributed by atoms with E-state index >= 15 is 0 Å². The number of carbonyl (C=O) groups is 2. The zero-order valence-corrected chi connectivity index (χ0v) is 15.2. The molecule has 1 amide bonds. The van der Waals surface area contributed by atoms with E-state index in [1.165, 1.54) is 6.07 Å². The van der Waals surface area contributed by atoms with Crippen LogP contribution < -0.4 is 5.32 Å². The molecule has 0 aliphatic carbocycles. The Morgan fingerprint density at radius 3 is 2.52 bits per heavy atom. The summed E-state index contributed by atoms with van der Waals surface area (Å²) >= 11 is 0. The Morgan fingerprint density at radius 1 is 1.28 bits per heavy atom. The standard InChI is InChI=1S/C19H25N3O3/c1-5-22(9-7-8-10-22)13-17(23)21-18-14(3)11-15(20-4)12-16(18)19(24)25-6-2/h11-12H,5-10,13H2,1-3H3/p+1. The highest BCUT2D eigenvalue weighted by Gasteiger charge is 2.33. The molecule has 1 aliphatic rings. The Labute approximate surface area is 149 Å². The van der Waals surface area contributed by atoms with Crippen molar-refractivity contribution in [2.45, 2.75) is 33.6 Å². The van der Waals surface area contributed by atoms with Crippen LogP contribution in [0.1, 0.15) is 42.6 Å². The van der Waals surface area contributed by atoms with Crippen LogP contribution in [0.2, 0.25) is 0 Å². The van der Waals surface area contributed by atoms with Gasteiger partial charge in [0.15, 0.2) is 12.2 Å². The van der Waals surface area contributed by atoms with Crippen LogP contribution in [-0.4, -0.2) is 49.1 Å². The molecule has 0 unspecified atom stereocenters. The number of amides is 1. The number of rotatable bonds is 6. The van der Waals surface area contributed by atoms with E-state index in [-0.39, 0.29) is 18.1 Å². The molecule has 25 heavy (non-hydrogen) atoms. The molecule has 0 saturated carbocycles. The zero-order valence-electron chi connectivity index (χ0n) is 15.2. The predicted octanol–water partition coefficient (Wildman–Crippen LogP) is 3.29. The monoisotopic (exact) mass is 344 g/mol. The van der Waals surface area contributed by atoms with Crippen molar-refractivity contribution in [1.29, 1.82) is 0 Å². The highest BCUT2D eigenvalue weighted by Crippen LogP contribution is 2.28. The van der Waals surface area contributed by atoms with E-state index in [4.69, 9.17) is 11.3 Å². The molecule has 2 rings (SSSR count). The quantitative estimate of drug-likeness (QED) is 0.489. The Morgan fingerprint density at radius 2 is 1.96 bits per heavy atom. The number of aryl methyl sites for hydroxylation is 1. The molecule has 1 saturated heterocycles. The molecule has 0 atom stereocenters. The van der Waals surface area contributed by atoms with Gasteiger partial charge in [-0.2, -0.15) is 0 Å². The van der Waals surface area contributed by atoms with Crippen LogP contribution >= 0.6 is 0 Å². The van der Waals surface area contributed by atoms with Crippen LogP contribution in [0.5, 0.6) is 0 Å². The second-order valence-corrected chi connectivity index (χ2v) is 6.54. The van der Waals surface area contributed by atoms with Crippen molar-refractivity contribution in [3.05, 3.63) is 34.7 Å². The van der Waals surface area contributed by atoms with Crippen molar-refractivity contribution in [2.24, 2.45) is 0 Å². The normalized spacial score (nSPS) is 15.4.